The lowest BCUT2D eigenvalue weighted by Gasteiger charge is -2.34. The summed E-state index contributed by atoms with van der Waals surface area (Å²) < 4.78 is 13.1. The Hall–Kier alpha value is -5.28. The van der Waals surface area contributed by atoms with Gasteiger partial charge in [0.2, 0.25) is 6.71 Å². The molecule has 7 aromatic carbocycles. The fourth-order valence-corrected chi connectivity index (χ4v) is 8.39. The molecular formula is C39H21BO2. The smallest absolute Gasteiger partial charge is 0.244 e. The van der Waals surface area contributed by atoms with E-state index in [9.17, 15) is 0 Å². The van der Waals surface area contributed by atoms with Crippen molar-refractivity contribution in [2.45, 2.75) is 6.92 Å². The van der Waals surface area contributed by atoms with Crippen LogP contribution in [0.15, 0.2) is 118 Å². The van der Waals surface area contributed by atoms with Crippen molar-refractivity contribution in [3.05, 3.63) is 115 Å². The van der Waals surface area contributed by atoms with Gasteiger partial charge < -0.3 is 8.83 Å². The second-order valence-corrected chi connectivity index (χ2v) is 12.0. The molecule has 0 radical (unpaired) electrons. The Morgan fingerprint density at radius 1 is 0.429 bits per heavy atom. The van der Waals surface area contributed by atoms with Crippen LogP contribution in [0.2, 0.25) is 0 Å². The van der Waals surface area contributed by atoms with Crippen LogP contribution in [0.3, 0.4) is 0 Å². The van der Waals surface area contributed by atoms with Gasteiger partial charge in [0.05, 0.1) is 0 Å². The molecule has 0 saturated heterocycles. The van der Waals surface area contributed by atoms with Gasteiger partial charge in [-0.1, -0.05) is 101 Å². The number of para-hydroxylation sites is 2. The molecule has 0 spiro atoms. The highest BCUT2D eigenvalue weighted by Gasteiger charge is 2.40. The van der Waals surface area contributed by atoms with Crippen molar-refractivity contribution in [1.29, 1.82) is 0 Å². The molecule has 0 atom stereocenters. The first-order valence-electron chi connectivity index (χ1n) is 14.6. The molecule has 0 N–H and O–H groups in total. The second-order valence-electron chi connectivity index (χ2n) is 12.0. The molecular weight excluding hydrogens is 511 g/mol. The van der Waals surface area contributed by atoms with Crippen molar-refractivity contribution in [2.75, 3.05) is 0 Å². The number of fused-ring (bicyclic) bond motifs is 12. The zero-order valence-electron chi connectivity index (χ0n) is 22.8. The van der Waals surface area contributed by atoms with E-state index in [1.807, 2.05) is 0 Å². The summed E-state index contributed by atoms with van der Waals surface area (Å²) in [6.45, 7) is 2.30. The molecule has 4 heterocycles. The Balaban J connectivity index is 1.39. The van der Waals surface area contributed by atoms with Gasteiger partial charge in [0, 0.05) is 21.5 Å². The highest BCUT2D eigenvalue weighted by atomic mass is 16.3. The largest absolute Gasteiger partial charge is 0.456 e. The van der Waals surface area contributed by atoms with Crippen LogP contribution in [0.25, 0.3) is 87.7 Å². The normalized spacial score (nSPS) is 13.3. The van der Waals surface area contributed by atoms with E-state index in [0.717, 1.165) is 22.3 Å². The van der Waals surface area contributed by atoms with Gasteiger partial charge in [-0.3, -0.25) is 0 Å². The Kier molecular flexibility index (Phi) is 3.64. The van der Waals surface area contributed by atoms with Crippen LogP contribution < -0.4 is 16.4 Å². The summed E-state index contributed by atoms with van der Waals surface area (Å²) in [5.41, 5.74) is 14.4. The average molecular weight is 532 g/mol. The zero-order valence-corrected chi connectivity index (χ0v) is 22.8. The average Bonchev–Trinajstić information content (AvgIpc) is 3.59. The van der Waals surface area contributed by atoms with E-state index >= 15 is 0 Å². The molecule has 192 valence electrons. The van der Waals surface area contributed by atoms with Crippen molar-refractivity contribution in [2.24, 2.45) is 0 Å². The van der Waals surface area contributed by atoms with E-state index in [2.05, 4.69) is 116 Å². The Morgan fingerprint density at radius 3 is 1.43 bits per heavy atom. The van der Waals surface area contributed by atoms with Crippen LogP contribution in [-0.2, 0) is 0 Å². The summed E-state index contributed by atoms with van der Waals surface area (Å²) in [5, 5.41) is 9.95. The van der Waals surface area contributed by atoms with E-state index in [1.165, 1.54) is 87.3 Å². The SMILES string of the molecule is Cc1cc2c3c(c1)-c1cccc4c1c(cc1oc5ccccc5c14)B3c1cc3oc4ccccc4c3c3cccc-2c13. The predicted molar refractivity (Wildman–Crippen MR) is 176 cm³/mol. The standard InChI is InChI=1S/C39H21BO2/c1-20-16-27-21-10-6-12-25-35(21)29(18-33-37(25)23-8-2-4-14-31(23)41-33)40-30-19-34-38(24-9-3-5-15-32(24)42-34)26-13-7-11-22(36(26)30)28(17-20)39(27)40/h2-19H,1H3. The lowest BCUT2D eigenvalue weighted by atomic mass is 9.31. The summed E-state index contributed by atoms with van der Waals surface area (Å²) >= 11 is 0. The van der Waals surface area contributed by atoms with Crippen LogP contribution >= 0.6 is 0 Å². The molecule has 2 aliphatic heterocycles. The maximum Gasteiger partial charge on any atom is 0.244 e. The van der Waals surface area contributed by atoms with Gasteiger partial charge in [0.15, 0.2) is 0 Å². The fourth-order valence-electron chi connectivity index (χ4n) is 8.39. The van der Waals surface area contributed by atoms with E-state index in [4.69, 9.17) is 8.83 Å². The van der Waals surface area contributed by atoms with Crippen molar-refractivity contribution < 1.29 is 8.83 Å². The molecule has 2 aromatic heterocycles. The molecule has 9 aromatic rings. The zero-order chi connectivity index (χ0) is 27.3. The van der Waals surface area contributed by atoms with Gasteiger partial charge in [-0.25, -0.2) is 0 Å². The number of hydrogen-bond donors (Lipinski definition) is 0. The summed E-state index contributed by atoms with van der Waals surface area (Å²) in [4.78, 5) is 0. The van der Waals surface area contributed by atoms with Crippen LogP contribution in [0.4, 0.5) is 0 Å². The van der Waals surface area contributed by atoms with Crippen molar-refractivity contribution in [1.82, 2.24) is 0 Å². The van der Waals surface area contributed by atoms with E-state index < -0.39 is 0 Å². The Morgan fingerprint density at radius 2 is 0.905 bits per heavy atom. The number of aryl methyl sites for hydroxylation is 1. The van der Waals surface area contributed by atoms with E-state index in [-0.39, 0.29) is 6.71 Å². The Labute approximate surface area is 240 Å². The molecule has 3 heteroatoms. The lowest BCUT2D eigenvalue weighted by Crippen LogP contribution is -2.57. The predicted octanol–water partition coefficient (Wildman–Crippen LogP) is 8.58. The molecule has 0 amide bonds. The van der Waals surface area contributed by atoms with E-state index in [0.29, 0.717) is 0 Å². The van der Waals surface area contributed by atoms with E-state index in [1.54, 1.807) is 0 Å². The molecule has 0 unspecified atom stereocenters. The van der Waals surface area contributed by atoms with Gasteiger partial charge in [0.1, 0.15) is 22.3 Å². The second kappa shape index (κ2) is 7.13. The third kappa shape index (κ3) is 2.38. The number of furan rings is 2. The lowest BCUT2D eigenvalue weighted by molar-refractivity contribution is 0.669. The first-order chi connectivity index (χ1) is 20.7. The van der Waals surface area contributed by atoms with Crippen LogP contribution in [0, 0.1) is 6.92 Å². The van der Waals surface area contributed by atoms with Gasteiger partial charge in [-0.15, -0.1) is 0 Å². The summed E-state index contributed by atoms with van der Waals surface area (Å²) in [6.07, 6.45) is 0. The first-order valence-corrected chi connectivity index (χ1v) is 14.6. The number of hydrogen-bond acceptors (Lipinski definition) is 2. The summed E-state index contributed by atoms with van der Waals surface area (Å²) in [6, 6.07) is 39.9. The summed E-state index contributed by atoms with van der Waals surface area (Å²) in [7, 11) is 0. The molecule has 11 rings (SSSR count). The topological polar surface area (TPSA) is 26.3 Å². The van der Waals surface area contributed by atoms with Crippen LogP contribution in [0.1, 0.15) is 5.56 Å². The van der Waals surface area contributed by atoms with Crippen LogP contribution in [0.5, 0.6) is 0 Å². The minimum Gasteiger partial charge on any atom is -0.456 e. The minimum absolute atomic E-state index is 0.0700. The highest BCUT2D eigenvalue weighted by molar-refractivity contribution is 7.01. The third-order valence-electron chi connectivity index (χ3n) is 9.88. The van der Waals surface area contributed by atoms with Crippen molar-refractivity contribution >= 4 is 88.5 Å². The number of rotatable bonds is 0. The highest BCUT2D eigenvalue weighted by Crippen LogP contribution is 2.44. The van der Waals surface area contributed by atoms with Gasteiger partial charge >= 0.3 is 0 Å². The van der Waals surface area contributed by atoms with Gasteiger partial charge in [0.25, 0.3) is 0 Å². The maximum absolute atomic E-state index is 6.55. The third-order valence-corrected chi connectivity index (χ3v) is 9.88. The molecule has 0 fully saturated rings. The number of benzene rings is 7. The van der Waals surface area contributed by atoms with Crippen molar-refractivity contribution in [3.63, 3.8) is 0 Å². The first kappa shape index (κ1) is 21.5. The fraction of sp³-hybridized carbons (Fsp3) is 0.0256. The Bertz CT molecular complexity index is 2520. The quantitative estimate of drug-likeness (QED) is 0.183. The molecule has 0 bridgehead atoms. The van der Waals surface area contributed by atoms with Crippen molar-refractivity contribution in [3.8, 4) is 22.3 Å². The molecule has 2 nitrogen and oxygen atoms in total. The molecule has 2 aliphatic rings. The maximum atomic E-state index is 6.55. The summed E-state index contributed by atoms with van der Waals surface area (Å²) in [5.74, 6) is 0. The van der Waals surface area contributed by atoms with Gasteiger partial charge in [-0.2, -0.15) is 0 Å². The van der Waals surface area contributed by atoms with Crippen LogP contribution in [-0.4, -0.2) is 6.71 Å². The monoisotopic (exact) mass is 532 g/mol. The van der Waals surface area contributed by atoms with Gasteiger partial charge in [-0.05, 0) is 80.6 Å². The molecule has 0 saturated carbocycles. The minimum atomic E-state index is 0.0700. The molecule has 42 heavy (non-hydrogen) atoms. The molecule has 0 aliphatic carbocycles.